The van der Waals surface area contributed by atoms with E-state index in [1.54, 1.807) is 35.1 Å². The first kappa shape index (κ1) is 22.6. The molecule has 3 N–H and O–H groups in total. The summed E-state index contributed by atoms with van der Waals surface area (Å²) in [4.78, 5) is 24.4. The lowest BCUT2D eigenvalue weighted by atomic mass is 9.78. The number of ether oxygens (including phenoxy) is 1. The molecule has 9 heteroatoms. The third kappa shape index (κ3) is 5.56. The Morgan fingerprint density at radius 2 is 1.97 bits per heavy atom. The summed E-state index contributed by atoms with van der Waals surface area (Å²) in [5, 5.41) is 17.9. The van der Waals surface area contributed by atoms with Crippen molar-refractivity contribution >= 4 is 35.0 Å². The van der Waals surface area contributed by atoms with Gasteiger partial charge < -0.3 is 15.8 Å². The monoisotopic (exact) mass is 443 g/mol. The minimum absolute atomic E-state index is 0.223. The number of halogens is 1. The molecule has 0 radical (unpaired) electrons. The van der Waals surface area contributed by atoms with Crippen LogP contribution in [0, 0.1) is 23.2 Å². The summed E-state index contributed by atoms with van der Waals surface area (Å²) in [5.74, 6) is -1.39. The fraction of sp³-hybridized carbons (Fsp3) is 0.455. The zero-order valence-corrected chi connectivity index (χ0v) is 18.5. The number of hydrogen-bond acceptors (Lipinski definition) is 6. The number of amides is 1. The van der Waals surface area contributed by atoms with Crippen molar-refractivity contribution in [2.75, 3.05) is 5.32 Å². The standard InChI is InChI=1S/C22H26ClN5O3/c1-22(2,3)31-21(30)13-4-9-18(14(10-13)11-24)28-12-17(19(25)29)20(27-28)26-16-7-5-15(23)6-8-16/h5-8,12-14,18H,4,9-10H2,1-3H3,(H2,25,29)(H,26,27)/t13-,14+,18-/m1/s1. The molecule has 1 saturated carbocycles. The second-order valence-corrected chi connectivity index (χ2v) is 9.15. The van der Waals surface area contributed by atoms with Crippen LogP contribution in [-0.4, -0.2) is 27.3 Å². The molecular formula is C22H26ClN5O3. The molecule has 0 bridgehead atoms. The van der Waals surface area contributed by atoms with Gasteiger partial charge in [-0.1, -0.05) is 11.6 Å². The second-order valence-electron chi connectivity index (χ2n) is 8.71. The highest BCUT2D eigenvalue weighted by Crippen LogP contribution is 2.38. The number of benzene rings is 1. The van der Waals surface area contributed by atoms with Gasteiger partial charge in [-0.15, -0.1) is 0 Å². The quantitative estimate of drug-likeness (QED) is 0.667. The molecule has 0 saturated heterocycles. The number of nitriles is 1. The normalized spacial score (nSPS) is 21.2. The number of esters is 1. The number of carbonyl (C=O) groups excluding carboxylic acids is 2. The molecule has 1 aliphatic carbocycles. The molecule has 31 heavy (non-hydrogen) atoms. The van der Waals surface area contributed by atoms with Crippen LogP contribution in [0.25, 0.3) is 0 Å². The van der Waals surface area contributed by atoms with Crippen LogP contribution < -0.4 is 11.1 Å². The first-order valence-electron chi connectivity index (χ1n) is 10.1. The summed E-state index contributed by atoms with van der Waals surface area (Å²) in [6.45, 7) is 5.47. The first-order chi connectivity index (χ1) is 14.6. The van der Waals surface area contributed by atoms with Crippen molar-refractivity contribution in [2.45, 2.75) is 51.7 Å². The predicted molar refractivity (Wildman–Crippen MR) is 117 cm³/mol. The van der Waals surface area contributed by atoms with Crippen LogP contribution in [0.5, 0.6) is 0 Å². The fourth-order valence-corrected chi connectivity index (χ4v) is 3.84. The van der Waals surface area contributed by atoms with Crippen molar-refractivity contribution < 1.29 is 14.3 Å². The van der Waals surface area contributed by atoms with Gasteiger partial charge in [-0.25, -0.2) is 0 Å². The van der Waals surface area contributed by atoms with Gasteiger partial charge in [0.2, 0.25) is 0 Å². The SMILES string of the molecule is CC(C)(C)OC(=O)[C@@H]1CC[C@@H](n2cc(C(N)=O)c(Nc3ccc(Cl)cc3)n2)[C@H](C#N)C1. The van der Waals surface area contributed by atoms with Crippen LogP contribution in [0.15, 0.2) is 30.5 Å². The Morgan fingerprint density at radius 3 is 2.55 bits per heavy atom. The molecule has 1 heterocycles. The number of carbonyl (C=O) groups is 2. The van der Waals surface area contributed by atoms with E-state index < -0.39 is 17.4 Å². The van der Waals surface area contributed by atoms with Crippen LogP contribution in [0.2, 0.25) is 5.02 Å². The predicted octanol–water partition coefficient (Wildman–Crippen LogP) is 4.20. The van der Waals surface area contributed by atoms with E-state index >= 15 is 0 Å². The van der Waals surface area contributed by atoms with Gasteiger partial charge in [-0.2, -0.15) is 10.4 Å². The maximum Gasteiger partial charge on any atom is 0.309 e. The minimum Gasteiger partial charge on any atom is -0.460 e. The summed E-state index contributed by atoms with van der Waals surface area (Å²) < 4.78 is 7.10. The third-order valence-corrected chi connectivity index (χ3v) is 5.42. The topological polar surface area (TPSA) is 123 Å². The number of anilines is 2. The summed E-state index contributed by atoms with van der Waals surface area (Å²) in [6.07, 6.45) is 3.07. The number of nitrogens with zero attached hydrogens (tertiary/aromatic N) is 3. The Morgan fingerprint density at radius 1 is 1.29 bits per heavy atom. The number of nitrogens with two attached hydrogens (primary N) is 1. The Hall–Kier alpha value is -3.05. The largest absolute Gasteiger partial charge is 0.460 e. The molecule has 0 unspecified atom stereocenters. The zero-order valence-electron chi connectivity index (χ0n) is 17.8. The molecule has 2 aromatic rings. The third-order valence-electron chi connectivity index (χ3n) is 5.16. The zero-order chi connectivity index (χ0) is 22.8. The second kappa shape index (κ2) is 8.98. The van der Waals surface area contributed by atoms with E-state index in [9.17, 15) is 14.9 Å². The average Bonchev–Trinajstić information content (AvgIpc) is 3.12. The summed E-state index contributed by atoms with van der Waals surface area (Å²) in [5.41, 5.74) is 5.89. The maximum atomic E-state index is 12.5. The number of hydrogen-bond donors (Lipinski definition) is 2. The summed E-state index contributed by atoms with van der Waals surface area (Å²) in [7, 11) is 0. The Balaban J connectivity index is 1.80. The molecule has 1 aromatic carbocycles. The first-order valence-corrected chi connectivity index (χ1v) is 10.5. The van der Waals surface area contributed by atoms with E-state index in [0.717, 1.165) is 0 Å². The van der Waals surface area contributed by atoms with Gasteiger partial charge in [-0.05, 0) is 64.3 Å². The molecule has 3 rings (SSSR count). The summed E-state index contributed by atoms with van der Waals surface area (Å²) >= 11 is 5.92. The van der Waals surface area contributed by atoms with E-state index in [1.165, 1.54) is 0 Å². The van der Waals surface area contributed by atoms with Crippen molar-refractivity contribution in [3.63, 3.8) is 0 Å². The Bertz CT molecular complexity index is 1000. The van der Waals surface area contributed by atoms with Crippen molar-refractivity contribution in [3.8, 4) is 6.07 Å². The molecule has 1 amide bonds. The van der Waals surface area contributed by atoms with Crippen molar-refractivity contribution in [1.29, 1.82) is 5.26 Å². The van der Waals surface area contributed by atoms with Crippen molar-refractivity contribution in [2.24, 2.45) is 17.6 Å². The van der Waals surface area contributed by atoms with Crippen LogP contribution in [0.3, 0.4) is 0 Å². The van der Waals surface area contributed by atoms with E-state index in [1.807, 2.05) is 20.8 Å². The van der Waals surface area contributed by atoms with Crippen molar-refractivity contribution in [3.05, 3.63) is 41.0 Å². The number of primary amides is 1. The Labute approximate surface area is 186 Å². The molecule has 1 aliphatic rings. The van der Waals surface area contributed by atoms with Gasteiger partial charge >= 0.3 is 5.97 Å². The van der Waals surface area contributed by atoms with Gasteiger partial charge in [0.1, 0.15) is 11.2 Å². The molecule has 0 spiro atoms. The molecule has 164 valence electrons. The average molecular weight is 444 g/mol. The van der Waals surface area contributed by atoms with E-state index in [-0.39, 0.29) is 23.5 Å². The fourth-order valence-electron chi connectivity index (χ4n) is 3.71. The molecule has 0 aliphatic heterocycles. The minimum atomic E-state index is -0.626. The number of rotatable bonds is 5. The van der Waals surface area contributed by atoms with Gasteiger partial charge in [-0.3, -0.25) is 14.3 Å². The maximum absolute atomic E-state index is 12.5. The molecule has 3 atom stereocenters. The Kier molecular flexibility index (Phi) is 6.56. The van der Waals surface area contributed by atoms with Gasteiger partial charge in [0.15, 0.2) is 5.82 Å². The lowest BCUT2D eigenvalue weighted by Gasteiger charge is -2.33. The van der Waals surface area contributed by atoms with Crippen LogP contribution >= 0.6 is 11.6 Å². The highest BCUT2D eigenvalue weighted by Gasteiger charge is 2.38. The van der Waals surface area contributed by atoms with Crippen LogP contribution in [-0.2, 0) is 9.53 Å². The van der Waals surface area contributed by atoms with E-state index in [2.05, 4.69) is 16.5 Å². The number of aromatic nitrogens is 2. The van der Waals surface area contributed by atoms with Crippen molar-refractivity contribution in [1.82, 2.24) is 9.78 Å². The molecule has 8 nitrogen and oxygen atoms in total. The van der Waals surface area contributed by atoms with Crippen LogP contribution in [0.4, 0.5) is 11.5 Å². The molecule has 1 fully saturated rings. The highest BCUT2D eigenvalue weighted by molar-refractivity contribution is 6.30. The lowest BCUT2D eigenvalue weighted by Crippen LogP contribution is -2.34. The van der Waals surface area contributed by atoms with E-state index in [0.29, 0.717) is 35.8 Å². The molecular weight excluding hydrogens is 418 g/mol. The van der Waals surface area contributed by atoms with Gasteiger partial charge in [0.05, 0.1) is 23.9 Å². The molecule has 1 aromatic heterocycles. The number of nitrogens with one attached hydrogen (secondary N) is 1. The van der Waals surface area contributed by atoms with Crippen LogP contribution in [0.1, 0.15) is 56.4 Å². The lowest BCUT2D eigenvalue weighted by molar-refractivity contribution is -0.161. The highest BCUT2D eigenvalue weighted by atomic mass is 35.5. The van der Waals surface area contributed by atoms with Gasteiger partial charge in [0, 0.05) is 16.9 Å². The smallest absolute Gasteiger partial charge is 0.309 e. The van der Waals surface area contributed by atoms with E-state index in [4.69, 9.17) is 22.1 Å². The summed E-state index contributed by atoms with van der Waals surface area (Å²) in [6, 6.07) is 8.97. The van der Waals surface area contributed by atoms with Gasteiger partial charge in [0.25, 0.3) is 5.91 Å².